The van der Waals surface area contributed by atoms with Crippen LogP contribution >= 0.6 is 0 Å². The standard InChI is InChI=1S/C15H20N2O/c1-12(2)13-5-7-14(8-6-13)15(18)11-16-17-9-3-4-10-17/h3-10,12,15-16,18H,11H2,1-2H3. The first-order valence-electron chi connectivity index (χ1n) is 6.31. The Balaban J connectivity index is 1.94. The Bertz CT molecular complexity index is 460. The maximum Gasteiger partial charge on any atom is 0.0978 e. The van der Waals surface area contributed by atoms with Crippen molar-refractivity contribution in [3.8, 4) is 0 Å². The van der Waals surface area contributed by atoms with Gasteiger partial charge in [0, 0.05) is 12.4 Å². The van der Waals surface area contributed by atoms with Gasteiger partial charge in [0.05, 0.1) is 12.6 Å². The normalized spacial score (nSPS) is 12.7. The van der Waals surface area contributed by atoms with Crippen molar-refractivity contribution in [1.29, 1.82) is 0 Å². The molecule has 1 unspecified atom stereocenters. The van der Waals surface area contributed by atoms with Gasteiger partial charge in [-0.3, -0.25) is 4.68 Å². The third kappa shape index (κ3) is 3.14. The Labute approximate surface area is 108 Å². The van der Waals surface area contributed by atoms with E-state index in [1.807, 2.05) is 41.3 Å². The maximum absolute atomic E-state index is 10.1. The molecule has 0 aliphatic rings. The zero-order valence-corrected chi connectivity index (χ0v) is 10.9. The number of nitrogens with zero attached hydrogens (tertiary/aromatic N) is 1. The molecule has 2 N–H and O–H groups in total. The summed E-state index contributed by atoms with van der Waals surface area (Å²) in [5.74, 6) is 0.522. The van der Waals surface area contributed by atoms with Crippen molar-refractivity contribution in [3.63, 3.8) is 0 Å². The van der Waals surface area contributed by atoms with Gasteiger partial charge in [0.1, 0.15) is 0 Å². The highest BCUT2D eigenvalue weighted by molar-refractivity contribution is 5.26. The van der Waals surface area contributed by atoms with E-state index in [2.05, 4.69) is 31.4 Å². The minimum atomic E-state index is -0.492. The Morgan fingerprint density at radius 1 is 1.06 bits per heavy atom. The van der Waals surface area contributed by atoms with Crippen molar-refractivity contribution in [3.05, 3.63) is 59.9 Å². The fraction of sp³-hybridized carbons (Fsp3) is 0.333. The molecule has 0 amide bonds. The van der Waals surface area contributed by atoms with E-state index in [9.17, 15) is 5.11 Å². The van der Waals surface area contributed by atoms with E-state index in [4.69, 9.17) is 0 Å². The van der Waals surface area contributed by atoms with Crippen LogP contribution in [0.2, 0.25) is 0 Å². The van der Waals surface area contributed by atoms with Crippen LogP contribution in [0.25, 0.3) is 0 Å². The summed E-state index contributed by atoms with van der Waals surface area (Å²) in [6.45, 7) is 4.83. The Kier molecular flexibility index (Phi) is 4.05. The molecule has 0 aliphatic carbocycles. The monoisotopic (exact) mass is 244 g/mol. The van der Waals surface area contributed by atoms with Crippen molar-refractivity contribution in [2.75, 3.05) is 12.0 Å². The third-order valence-corrected chi connectivity index (χ3v) is 3.06. The van der Waals surface area contributed by atoms with Gasteiger partial charge in [-0.25, -0.2) is 0 Å². The van der Waals surface area contributed by atoms with E-state index in [1.54, 1.807) is 0 Å². The lowest BCUT2D eigenvalue weighted by Gasteiger charge is -2.15. The van der Waals surface area contributed by atoms with Gasteiger partial charge in [-0.05, 0) is 29.2 Å². The third-order valence-electron chi connectivity index (χ3n) is 3.06. The van der Waals surface area contributed by atoms with Crippen LogP contribution in [0.3, 0.4) is 0 Å². The predicted molar refractivity (Wildman–Crippen MR) is 74.2 cm³/mol. The molecule has 1 aromatic heterocycles. The minimum absolute atomic E-state index is 0.492. The van der Waals surface area contributed by atoms with E-state index in [0.717, 1.165) is 5.56 Å². The Hall–Kier alpha value is -1.74. The molecule has 96 valence electrons. The van der Waals surface area contributed by atoms with E-state index < -0.39 is 6.10 Å². The van der Waals surface area contributed by atoms with E-state index in [0.29, 0.717) is 12.5 Å². The molecule has 18 heavy (non-hydrogen) atoms. The number of hydrogen-bond acceptors (Lipinski definition) is 2. The van der Waals surface area contributed by atoms with Gasteiger partial charge in [-0.2, -0.15) is 0 Å². The molecule has 2 aromatic rings. The van der Waals surface area contributed by atoms with Crippen LogP contribution in [0.15, 0.2) is 48.8 Å². The highest BCUT2D eigenvalue weighted by Gasteiger charge is 2.07. The fourth-order valence-corrected chi connectivity index (χ4v) is 1.85. The lowest BCUT2D eigenvalue weighted by molar-refractivity contribution is 0.188. The van der Waals surface area contributed by atoms with Crippen molar-refractivity contribution in [2.24, 2.45) is 0 Å². The molecule has 1 atom stereocenters. The molecule has 3 nitrogen and oxygen atoms in total. The van der Waals surface area contributed by atoms with Gasteiger partial charge in [-0.1, -0.05) is 38.1 Å². The summed E-state index contributed by atoms with van der Waals surface area (Å²) >= 11 is 0. The van der Waals surface area contributed by atoms with Gasteiger partial charge in [0.25, 0.3) is 0 Å². The quantitative estimate of drug-likeness (QED) is 0.848. The Morgan fingerprint density at radius 2 is 1.61 bits per heavy atom. The molecule has 0 radical (unpaired) electrons. The van der Waals surface area contributed by atoms with Gasteiger partial charge < -0.3 is 10.5 Å². The Morgan fingerprint density at radius 3 is 2.17 bits per heavy atom. The zero-order chi connectivity index (χ0) is 13.0. The van der Waals surface area contributed by atoms with Gasteiger partial charge in [0.2, 0.25) is 0 Å². The van der Waals surface area contributed by atoms with Crippen molar-refractivity contribution >= 4 is 0 Å². The molecular formula is C15H20N2O. The lowest BCUT2D eigenvalue weighted by atomic mass is 10.00. The highest BCUT2D eigenvalue weighted by atomic mass is 16.3. The summed E-state index contributed by atoms with van der Waals surface area (Å²) in [6, 6.07) is 12.0. The summed E-state index contributed by atoms with van der Waals surface area (Å²) in [5, 5.41) is 10.1. The second-order valence-electron chi connectivity index (χ2n) is 4.79. The topological polar surface area (TPSA) is 37.2 Å². The van der Waals surface area contributed by atoms with Crippen LogP contribution in [0.1, 0.15) is 37.0 Å². The van der Waals surface area contributed by atoms with Crippen molar-refractivity contribution in [2.45, 2.75) is 25.9 Å². The summed E-state index contributed by atoms with van der Waals surface area (Å²) in [6.07, 6.45) is 3.33. The van der Waals surface area contributed by atoms with Crippen LogP contribution in [0.4, 0.5) is 0 Å². The SMILES string of the molecule is CC(C)c1ccc(C(O)CNn2cccc2)cc1. The van der Waals surface area contributed by atoms with E-state index in [1.165, 1.54) is 5.56 Å². The maximum atomic E-state index is 10.1. The summed E-state index contributed by atoms with van der Waals surface area (Å²) in [5.41, 5.74) is 5.37. The van der Waals surface area contributed by atoms with Crippen molar-refractivity contribution in [1.82, 2.24) is 4.68 Å². The number of hydrogen-bond donors (Lipinski definition) is 2. The molecule has 1 aromatic carbocycles. The number of aromatic nitrogens is 1. The van der Waals surface area contributed by atoms with Crippen LogP contribution in [-0.4, -0.2) is 16.3 Å². The largest absolute Gasteiger partial charge is 0.387 e. The van der Waals surface area contributed by atoms with E-state index in [-0.39, 0.29) is 0 Å². The highest BCUT2D eigenvalue weighted by Crippen LogP contribution is 2.18. The number of aliphatic hydroxyl groups is 1. The van der Waals surface area contributed by atoms with Crippen molar-refractivity contribution < 1.29 is 5.11 Å². The molecule has 0 spiro atoms. The molecule has 1 heterocycles. The van der Waals surface area contributed by atoms with Crippen LogP contribution < -0.4 is 5.43 Å². The average Bonchev–Trinajstić information content (AvgIpc) is 2.89. The summed E-state index contributed by atoms with van der Waals surface area (Å²) in [4.78, 5) is 0. The summed E-state index contributed by atoms with van der Waals surface area (Å²) < 4.78 is 1.84. The molecule has 0 saturated heterocycles. The molecule has 2 rings (SSSR count). The minimum Gasteiger partial charge on any atom is -0.387 e. The fourth-order valence-electron chi connectivity index (χ4n) is 1.85. The smallest absolute Gasteiger partial charge is 0.0978 e. The molecule has 0 fully saturated rings. The zero-order valence-electron chi connectivity index (χ0n) is 10.9. The number of benzene rings is 1. The van der Waals surface area contributed by atoms with Crippen LogP contribution in [-0.2, 0) is 0 Å². The molecule has 3 heteroatoms. The molecular weight excluding hydrogens is 224 g/mol. The molecule has 0 bridgehead atoms. The molecule has 0 saturated carbocycles. The first-order chi connectivity index (χ1) is 8.66. The lowest BCUT2D eigenvalue weighted by Crippen LogP contribution is -2.19. The van der Waals surface area contributed by atoms with E-state index >= 15 is 0 Å². The number of aliphatic hydroxyl groups excluding tert-OH is 1. The van der Waals surface area contributed by atoms with Gasteiger partial charge in [0.15, 0.2) is 0 Å². The second-order valence-corrected chi connectivity index (χ2v) is 4.79. The molecule has 0 aliphatic heterocycles. The first-order valence-corrected chi connectivity index (χ1v) is 6.31. The number of rotatable bonds is 5. The first kappa shape index (κ1) is 12.7. The van der Waals surface area contributed by atoms with Gasteiger partial charge in [-0.15, -0.1) is 0 Å². The number of nitrogens with one attached hydrogen (secondary N) is 1. The summed E-state index contributed by atoms with van der Waals surface area (Å²) in [7, 11) is 0. The predicted octanol–water partition coefficient (Wildman–Crippen LogP) is 2.89. The van der Waals surface area contributed by atoms with Gasteiger partial charge >= 0.3 is 0 Å². The van der Waals surface area contributed by atoms with Crippen LogP contribution in [0.5, 0.6) is 0 Å². The average molecular weight is 244 g/mol. The second kappa shape index (κ2) is 5.74. The van der Waals surface area contributed by atoms with Crippen LogP contribution in [0, 0.1) is 0 Å².